The van der Waals surface area contributed by atoms with E-state index in [1.807, 2.05) is 17.9 Å². The molecule has 3 heteroatoms. The van der Waals surface area contributed by atoms with Gasteiger partial charge in [-0.1, -0.05) is 0 Å². The topological polar surface area (TPSA) is 43.8 Å². The van der Waals surface area contributed by atoms with Crippen molar-refractivity contribution in [2.75, 3.05) is 0 Å². The maximum Gasteiger partial charge on any atom is 0.0492 e. The highest BCUT2D eigenvalue weighted by Gasteiger charge is 2.21. The Morgan fingerprint density at radius 2 is 2.43 bits per heavy atom. The fourth-order valence-corrected chi connectivity index (χ4v) is 2.37. The Hall–Kier alpha value is -0.830. The molecule has 0 spiro atoms. The summed E-state index contributed by atoms with van der Waals surface area (Å²) in [5.41, 5.74) is 7.22. The molecule has 0 aromatic carbocycles. The Labute approximate surface area is 85.3 Å². The van der Waals surface area contributed by atoms with E-state index in [0.717, 1.165) is 12.3 Å². The summed E-state index contributed by atoms with van der Waals surface area (Å²) < 4.78 is 1.97. The van der Waals surface area contributed by atoms with E-state index < -0.39 is 0 Å². The predicted octanol–water partition coefficient (Wildman–Crippen LogP) is 1.48. The third-order valence-corrected chi connectivity index (χ3v) is 3.31. The summed E-state index contributed by atoms with van der Waals surface area (Å²) >= 11 is 0. The van der Waals surface area contributed by atoms with Crippen LogP contribution >= 0.6 is 0 Å². The Morgan fingerprint density at radius 3 is 3.00 bits per heavy atom. The number of rotatable bonds is 3. The lowest BCUT2D eigenvalue weighted by Gasteiger charge is -2.08. The van der Waals surface area contributed by atoms with E-state index in [0.29, 0.717) is 6.04 Å². The summed E-state index contributed by atoms with van der Waals surface area (Å²) in [6, 6.07) is 2.57. The zero-order valence-electron chi connectivity index (χ0n) is 8.82. The maximum atomic E-state index is 5.89. The van der Waals surface area contributed by atoms with Crippen LogP contribution in [0.4, 0.5) is 0 Å². The highest BCUT2D eigenvalue weighted by atomic mass is 15.2. The summed E-state index contributed by atoms with van der Waals surface area (Å²) in [4.78, 5) is 0. The first-order chi connectivity index (χ1) is 6.75. The standard InChI is InChI=1S/C11H19N3/c1-14-11(6-7-13-14)5-3-9-2-4-10(12)8-9/h6-7,9-10H,2-5,8,12H2,1H3. The molecule has 1 aromatic rings. The third kappa shape index (κ3) is 2.15. The summed E-state index contributed by atoms with van der Waals surface area (Å²) in [7, 11) is 2.01. The molecule has 1 aliphatic rings. The van der Waals surface area contributed by atoms with Gasteiger partial charge >= 0.3 is 0 Å². The van der Waals surface area contributed by atoms with Crippen molar-refractivity contribution in [3.63, 3.8) is 0 Å². The lowest BCUT2D eigenvalue weighted by Crippen LogP contribution is -2.15. The second-order valence-electron chi connectivity index (χ2n) is 4.42. The lowest BCUT2D eigenvalue weighted by molar-refractivity contribution is 0.486. The first-order valence-electron chi connectivity index (χ1n) is 5.48. The van der Waals surface area contributed by atoms with Crippen LogP contribution in [0.2, 0.25) is 0 Å². The Bertz CT molecular complexity index is 292. The summed E-state index contributed by atoms with van der Waals surface area (Å²) in [5.74, 6) is 0.847. The van der Waals surface area contributed by atoms with E-state index in [-0.39, 0.29) is 0 Å². The van der Waals surface area contributed by atoms with E-state index >= 15 is 0 Å². The van der Waals surface area contributed by atoms with Crippen molar-refractivity contribution < 1.29 is 0 Å². The van der Waals surface area contributed by atoms with Crippen molar-refractivity contribution in [2.45, 2.75) is 38.1 Å². The van der Waals surface area contributed by atoms with Gasteiger partial charge in [0.25, 0.3) is 0 Å². The Morgan fingerprint density at radius 1 is 1.57 bits per heavy atom. The molecule has 1 heterocycles. The summed E-state index contributed by atoms with van der Waals surface area (Å²) in [6.45, 7) is 0. The number of aryl methyl sites for hydroxylation is 2. The fourth-order valence-electron chi connectivity index (χ4n) is 2.37. The molecule has 1 saturated carbocycles. The summed E-state index contributed by atoms with van der Waals surface area (Å²) in [5, 5.41) is 4.17. The molecule has 0 aliphatic heterocycles. The minimum Gasteiger partial charge on any atom is -0.328 e. The van der Waals surface area contributed by atoms with Crippen LogP contribution in [0, 0.1) is 5.92 Å². The zero-order chi connectivity index (χ0) is 9.97. The van der Waals surface area contributed by atoms with Crippen LogP contribution in [0.3, 0.4) is 0 Å². The van der Waals surface area contributed by atoms with Gasteiger partial charge in [0.1, 0.15) is 0 Å². The van der Waals surface area contributed by atoms with Crippen LogP contribution in [-0.4, -0.2) is 15.8 Å². The molecule has 1 aliphatic carbocycles. The molecule has 0 amide bonds. The van der Waals surface area contributed by atoms with Crippen LogP contribution in [-0.2, 0) is 13.5 Å². The molecule has 14 heavy (non-hydrogen) atoms. The largest absolute Gasteiger partial charge is 0.328 e. The number of aromatic nitrogens is 2. The molecule has 0 radical (unpaired) electrons. The highest BCUT2D eigenvalue weighted by molar-refractivity contribution is 5.00. The second kappa shape index (κ2) is 4.13. The van der Waals surface area contributed by atoms with Crippen LogP contribution in [0.5, 0.6) is 0 Å². The molecule has 78 valence electrons. The molecule has 2 rings (SSSR count). The Kier molecular flexibility index (Phi) is 2.87. The minimum absolute atomic E-state index is 0.464. The molecular weight excluding hydrogens is 174 g/mol. The smallest absolute Gasteiger partial charge is 0.0492 e. The van der Waals surface area contributed by atoms with E-state index in [1.54, 1.807) is 0 Å². The van der Waals surface area contributed by atoms with E-state index in [1.165, 1.54) is 31.4 Å². The monoisotopic (exact) mass is 193 g/mol. The van der Waals surface area contributed by atoms with Crippen molar-refractivity contribution in [3.8, 4) is 0 Å². The molecule has 2 atom stereocenters. The third-order valence-electron chi connectivity index (χ3n) is 3.31. The number of hydrogen-bond donors (Lipinski definition) is 1. The van der Waals surface area contributed by atoms with Crippen molar-refractivity contribution in [3.05, 3.63) is 18.0 Å². The van der Waals surface area contributed by atoms with Gasteiger partial charge in [-0.25, -0.2) is 0 Å². The predicted molar refractivity (Wildman–Crippen MR) is 56.8 cm³/mol. The van der Waals surface area contributed by atoms with Crippen LogP contribution < -0.4 is 5.73 Å². The molecule has 2 N–H and O–H groups in total. The van der Waals surface area contributed by atoms with Crippen LogP contribution in [0.1, 0.15) is 31.4 Å². The quantitative estimate of drug-likeness (QED) is 0.790. The summed E-state index contributed by atoms with van der Waals surface area (Å²) in [6.07, 6.45) is 8.05. The number of hydrogen-bond acceptors (Lipinski definition) is 2. The Balaban J connectivity index is 1.80. The van der Waals surface area contributed by atoms with E-state index in [9.17, 15) is 0 Å². The SMILES string of the molecule is Cn1nccc1CCC1CCC(N)C1. The van der Waals surface area contributed by atoms with Gasteiger partial charge in [-0.2, -0.15) is 5.10 Å². The first-order valence-corrected chi connectivity index (χ1v) is 5.48. The van der Waals surface area contributed by atoms with Crippen molar-refractivity contribution in [1.29, 1.82) is 0 Å². The molecule has 3 nitrogen and oxygen atoms in total. The normalized spacial score (nSPS) is 27.0. The van der Waals surface area contributed by atoms with Gasteiger partial charge in [0, 0.05) is 25.0 Å². The number of nitrogens with two attached hydrogens (primary N) is 1. The zero-order valence-corrected chi connectivity index (χ0v) is 8.82. The second-order valence-corrected chi connectivity index (χ2v) is 4.42. The molecule has 2 unspecified atom stereocenters. The van der Waals surface area contributed by atoms with Gasteiger partial charge in [0.15, 0.2) is 0 Å². The number of nitrogens with zero attached hydrogens (tertiary/aromatic N) is 2. The van der Waals surface area contributed by atoms with Gasteiger partial charge in [-0.3, -0.25) is 4.68 Å². The van der Waals surface area contributed by atoms with Gasteiger partial charge < -0.3 is 5.73 Å². The molecule has 0 bridgehead atoms. The molecule has 1 aromatic heterocycles. The van der Waals surface area contributed by atoms with Crippen molar-refractivity contribution >= 4 is 0 Å². The molecular formula is C11H19N3. The van der Waals surface area contributed by atoms with Crippen LogP contribution in [0.15, 0.2) is 12.3 Å². The fraction of sp³-hybridized carbons (Fsp3) is 0.727. The molecule has 1 fully saturated rings. The van der Waals surface area contributed by atoms with E-state index in [4.69, 9.17) is 5.73 Å². The minimum atomic E-state index is 0.464. The van der Waals surface area contributed by atoms with Crippen molar-refractivity contribution in [1.82, 2.24) is 9.78 Å². The average Bonchev–Trinajstić information content (AvgIpc) is 2.72. The van der Waals surface area contributed by atoms with E-state index in [2.05, 4.69) is 11.2 Å². The maximum absolute atomic E-state index is 5.89. The average molecular weight is 193 g/mol. The first kappa shape index (κ1) is 9.71. The van der Waals surface area contributed by atoms with Gasteiger partial charge in [-0.15, -0.1) is 0 Å². The van der Waals surface area contributed by atoms with Gasteiger partial charge in [-0.05, 0) is 44.1 Å². The van der Waals surface area contributed by atoms with Crippen LogP contribution in [0.25, 0.3) is 0 Å². The lowest BCUT2D eigenvalue weighted by atomic mass is 10.0. The van der Waals surface area contributed by atoms with Gasteiger partial charge in [0.2, 0.25) is 0 Å². The molecule has 0 saturated heterocycles. The highest BCUT2D eigenvalue weighted by Crippen LogP contribution is 2.27. The van der Waals surface area contributed by atoms with Crippen molar-refractivity contribution in [2.24, 2.45) is 18.7 Å². The van der Waals surface area contributed by atoms with Gasteiger partial charge in [0.05, 0.1) is 0 Å².